The van der Waals surface area contributed by atoms with Crippen LogP contribution in [0.25, 0.3) is 0 Å². The Balaban J connectivity index is 2.51. The van der Waals surface area contributed by atoms with Crippen LogP contribution in [-0.4, -0.2) is 0 Å². The molecule has 0 aromatic carbocycles. The lowest BCUT2D eigenvalue weighted by Crippen LogP contribution is -2.47. The molecule has 0 aromatic heterocycles. The molecule has 0 bridgehead atoms. The van der Waals surface area contributed by atoms with Crippen molar-refractivity contribution in [1.82, 2.24) is 0 Å². The first kappa shape index (κ1) is 12.1. The van der Waals surface area contributed by atoms with Gasteiger partial charge in [0, 0.05) is 0 Å². The van der Waals surface area contributed by atoms with Crippen molar-refractivity contribution in [2.75, 3.05) is 0 Å². The minimum atomic E-state index is 0.884. The van der Waals surface area contributed by atoms with E-state index >= 15 is 0 Å². The van der Waals surface area contributed by atoms with Crippen molar-refractivity contribution in [1.29, 1.82) is 0 Å². The van der Waals surface area contributed by atoms with Crippen molar-refractivity contribution in [2.24, 2.45) is 35.5 Å². The molecule has 1 aliphatic carbocycles. The third kappa shape index (κ3) is 2.15. The summed E-state index contributed by atoms with van der Waals surface area (Å²) in [6.07, 6.45) is 2.81. The summed E-state index contributed by atoms with van der Waals surface area (Å²) in [4.78, 5) is 0. The monoisotopic (exact) mass is 196 g/mol. The van der Waals surface area contributed by atoms with E-state index in [9.17, 15) is 0 Å². The Hall–Kier alpha value is 0. The van der Waals surface area contributed by atoms with Crippen molar-refractivity contribution in [3.8, 4) is 0 Å². The number of rotatable bonds is 4. The quantitative estimate of drug-likeness (QED) is 0.616. The second-order valence-electron chi connectivity index (χ2n) is 5.95. The van der Waals surface area contributed by atoms with Crippen LogP contribution in [0.2, 0.25) is 0 Å². The van der Waals surface area contributed by atoms with Gasteiger partial charge in [-0.3, -0.25) is 0 Å². The Morgan fingerprint density at radius 1 is 1.00 bits per heavy atom. The van der Waals surface area contributed by atoms with E-state index in [-0.39, 0.29) is 0 Å². The van der Waals surface area contributed by atoms with E-state index in [2.05, 4.69) is 41.5 Å². The molecule has 0 N–H and O–H groups in total. The molecule has 1 fully saturated rings. The summed E-state index contributed by atoms with van der Waals surface area (Å²) in [6, 6.07) is 0. The molecule has 5 atom stereocenters. The average molecular weight is 196 g/mol. The predicted octanol–water partition coefficient (Wildman–Crippen LogP) is 4.60. The Morgan fingerprint density at radius 2 is 1.57 bits per heavy atom. The molecule has 0 heteroatoms. The van der Waals surface area contributed by atoms with E-state index in [1.54, 1.807) is 0 Å². The summed E-state index contributed by atoms with van der Waals surface area (Å²) in [5.41, 5.74) is 0. The molecule has 1 saturated carbocycles. The van der Waals surface area contributed by atoms with Crippen LogP contribution in [0.15, 0.2) is 0 Å². The zero-order valence-corrected chi connectivity index (χ0v) is 10.9. The summed E-state index contributed by atoms with van der Waals surface area (Å²) in [5, 5.41) is 0. The normalized spacial score (nSPS) is 39.6. The minimum absolute atomic E-state index is 0.884. The van der Waals surface area contributed by atoms with Crippen LogP contribution < -0.4 is 0 Å². The zero-order valence-electron chi connectivity index (χ0n) is 10.9. The molecule has 1 aliphatic rings. The minimum Gasteiger partial charge on any atom is -0.0651 e. The van der Waals surface area contributed by atoms with E-state index in [0.717, 1.165) is 35.5 Å². The van der Waals surface area contributed by atoms with Crippen molar-refractivity contribution in [3.63, 3.8) is 0 Å². The number of hydrogen-bond acceptors (Lipinski definition) is 0. The standard InChI is InChI=1S/C14H28/c1-7-10(4)8-13-11(5)12(6)14(13)9(2)3/h9-14H,7-8H2,1-6H3. The highest BCUT2D eigenvalue weighted by Crippen LogP contribution is 2.52. The molecule has 0 radical (unpaired) electrons. The lowest BCUT2D eigenvalue weighted by molar-refractivity contribution is -0.0426. The van der Waals surface area contributed by atoms with Gasteiger partial charge in [0.15, 0.2) is 0 Å². The molecular formula is C14H28. The predicted molar refractivity (Wildman–Crippen MR) is 64.2 cm³/mol. The first-order valence-corrected chi connectivity index (χ1v) is 6.49. The van der Waals surface area contributed by atoms with Gasteiger partial charge in [0.25, 0.3) is 0 Å². The maximum absolute atomic E-state index is 2.45. The molecule has 0 heterocycles. The third-order valence-corrected chi connectivity index (χ3v) is 4.75. The van der Waals surface area contributed by atoms with Crippen molar-refractivity contribution in [2.45, 2.75) is 54.4 Å². The third-order valence-electron chi connectivity index (χ3n) is 4.75. The van der Waals surface area contributed by atoms with Gasteiger partial charge in [-0.2, -0.15) is 0 Å². The highest BCUT2D eigenvalue weighted by molar-refractivity contribution is 4.94. The molecule has 0 saturated heterocycles. The maximum atomic E-state index is 2.45. The second kappa shape index (κ2) is 4.68. The molecule has 14 heavy (non-hydrogen) atoms. The fourth-order valence-corrected chi connectivity index (χ4v) is 3.44. The van der Waals surface area contributed by atoms with E-state index in [1.165, 1.54) is 12.8 Å². The van der Waals surface area contributed by atoms with Gasteiger partial charge >= 0.3 is 0 Å². The Bertz CT molecular complexity index is 171. The molecule has 0 amide bonds. The van der Waals surface area contributed by atoms with Gasteiger partial charge in [0.05, 0.1) is 0 Å². The van der Waals surface area contributed by atoms with Crippen LogP contribution >= 0.6 is 0 Å². The fraction of sp³-hybridized carbons (Fsp3) is 1.00. The Labute approximate surface area is 90.5 Å². The lowest BCUT2D eigenvalue weighted by Gasteiger charge is -2.53. The molecule has 0 aliphatic heterocycles. The SMILES string of the molecule is CCC(C)CC1C(C)C(C)C1C(C)C. The van der Waals surface area contributed by atoms with E-state index < -0.39 is 0 Å². The zero-order chi connectivity index (χ0) is 10.9. The Morgan fingerprint density at radius 3 is 2.00 bits per heavy atom. The highest BCUT2D eigenvalue weighted by Gasteiger charge is 2.45. The van der Waals surface area contributed by atoms with Crippen molar-refractivity contribution < 1.29 is 0 Å². The molecule has 0 aromatic rings. The van der Waals surface area contributed by atoms with Crippen LogP contribution in [0.4, 0.5) is 0 Å². The van der Waals surface area contributed by atoms with Crippen molar-refractivity contribution >= 4 is 0 Å². The summed E-state index contributed by atoms with van der Waals surface area (Å²) in [6.45, 7) is 14.4. The number of hydrogen-bond donors (Lipinski definition) is 0. The largest absolute Gasteiger partial charge is 0.0651 e. The van der Waals surface area contributed by atoms with Gasteiger partial charge in [0.2, 0.25) is 0 Å². The van der Waals surface area contributed by atoms with Gasteiger partial charge < -0.3 is 0 Å². The topological polar surface area (TPSA) is 0 Å². The second-order valence-corrected chi connectivity index (χ2v) is 5.95. The molecule has 0 nitrogen and oxygen atoms in total. The van der Waals surface area contributed by atoms with Crippen LogP contribution in [0.3, 0.4) is 0 Å². The van der Waals surface area contributed by atoms with E-state index in [4.69, 9.17) is 0 Å². The first-order chi connectivity index (χ1) is 6.49. The maximum Gasteiger partial charge on any atom is -0.0332 e. The summed E-state index contributed by atoms with van der Waals surface area (Å²) in [7, 11) is 0. The van der Waals surface area contributed by atoms with Gasteiger partial charge in [-0.05, 0) is 41.9 Å². The molecule has 0 spiro atoms. The van der Waals surface area contributed by atoms with Crippen LogP contribution in [-0.2, 0) is 0 Å². The van der Waals surface area contributed by atoms with Gasteiger partial charge in [0.1, 0.15) is 0 Å². The highest BCUT2D eigenvalue weighted by atomic mass is 14.5. The summed E-state index contributed by atoms with van der Waals surface area (Å²) in [5.74, 6) is 5.76. The molecular weight excluding hydrogens is 168 g/mol. The van der Waals surface area contributed by atoms with E-state index in [0.29, 0.717) is 0 Å². The first-order valence-electron chi connectivity index (χ1n) is 6.49. The lowest BCUT2D eigenvalue weighted by atomic mass is 9.53. The summed E-state index contributed by atoms with van der Waals surface area (Å²) < 4.78 is 0. The molecule has 84 valence electrons. The van der Waals surface area contributed by atoms with Crippen LogP contribution in [0, 0.1) is 35.5 Å². The van der Waals surface area contributed by atoms with Gasteiger partial charge in [-0.1, -0.05) is 48.0 Å². The van der Waals surface area contributed by atoms with Gasteiger partial charge in [-0.25, -0.2) is 0 Å². The van der Waals surface area contributed by atoms with E-state index in [1.807, 2.05) is 0 Å². The fourth-order valence-electron chi connectivity index (χ4n) is 3.44. The Kier molecular flexibility index (Phi) is 4.04. The molecule has 5 unspecified atom stereocenters. The van der Waals surface area contributed by atoms with Crippen molar-refractivity contribution in [3.05, 3.63) is 0 Å². The average Bonchev–Trinajstić information content (AvgIpc) is 2.15. The van der Waals surface area contributed by atoms with Crippen LogP contribution in [0.5, 0.6) is 0 Å². The molecule has 1 rings (SSSR count). The van der Waals surface area contributed by atoms with Gasteiger partial charge in [-0.15, -0.1) is 0 Å². The smallest absolute Gasteiger partial charge is 0.0332 e. The van der Waals surface area contributed by atoms with Crippen LogP contribution in [0.1, 0.15) is 54.4 Å². The summed E-state index contributed by atoms with van der Waals surface area (Å²) >= 11 is 0.